The van der Waals surface area contributed by atoms with E-state index in [9.17, 15) is 5.11 Å². The molecule has 0 amide bonds. The van der Waals surface area contributed by atoms with Crippen LogP contribution in [0.4, 0.5) is 0 Å². The van der Waals surface area contributed by atoms with Gasteiger partial charge in [0, 0.05) is 27.7 Å². The van der Waals surface area contributed by atoms with Gasteiger partial charge >= 0.3 is 0 Å². The second-order valence-corrected chi connectivity index (χ2v) is 6.05. The van der Waals surface area contributed by atoms with Crippen LogP contribution in [-0.2, 0) is 5.60 Å². The molecule has 2 aliphatic rings. The number of aliphatic hydroxyl groups is 1. The Balaban J connectivity index is 1.99. The summed E-state index contributed by atoms with van der Waals surface area (Å²) in [6.45, 7) is 0. The minimum absolute atomic E-state index is 0.411. The largest absolute Gasteiger partial charge is 0.385 e. The van der Waals surface area contributed by atoms with E-state index in [1.165, 1.54) is 0 Å². The van der Waals surface area contributed by atoms with Gasteiger partial charge in [0.15, 0.2) is 0 Å². The van der Waals surface area contributed by atoms with Gasteiger partial charge in [-0.2, -0.15) is 0 Å². The fraction of sp³-hybridized carbons (Fsp3) is 0.538. The zero-order chi connectivity index (χ0) is 12.0. The highest BCUT2D eigenvalue weighted by atomic mass is 35.5. The van der Waals surface area contributed by atoms with Crippen LogP contribution in [0, 0.1) is 0 Å². The van der Waals surface area contributed by atoms with Gasteiger partial charge in [-0.25, -0.2) is 0 Å². The van der Waals surface area contributed by atoms with Gasteiger partial charge in [0.25, 0.3) is 0 Å². The lowest BCUT2D eigenvalue weighted by molar-refractivity contribution is -0.0113. The Hall–Kier alpha value is -0.280. The summed E-state index contributed by atoms with van der Waals surface area (Å²) in [7, 11) is 0. The van der Waals surface area contributed by atoms with E-state index in [1.807, 2.05) is 0 Å². The van der Waals surface area contributed by atoms with Gasteiger partial charge in [-0.05, 0) is 43.9 Å². The molecule has 2 bridgehead atoms. The summed E-state index contributed by atoms with van der Waals surface area (Å²) in [5.41, 5.74) is -0.0379. The first-order valence-corrected chi connectivity index (χ1v) is 6.76. The number of halogens is 2. The summed E-state index contributed by atoms with van der Waals surface area (Å²) in [4.78, 5) is 0. The Labute approximate surface area is 111 Å². The monoisotopic (exact) mass is 271 g/mol. The van der Waals surface area contributed by atoms with E-state index < -0.39 is 5.60 Å². The third-order valence-electron chi connectivity index (χ3n) is 3.93. The molecule has 0 spiro atoms. The van der Waals surface area contributed by atoms with E-state index in [-0.39, 0.29) is 0 Å². The van der Waals surface area contributed by atoms with Crippen molar-refractivity contribution in [2.24, 2.45) is 0 Å². The van der Waals surface area contributed by atoms with Crippen molar-refractivity contribution in [1.29, 1.82) is 0 Å². The summed E-state index contributed by atoms with van der Waals surface area (Å²) in [5, 5.41) is 15.6. The number of piperidine rings is 1. The molecular weight excluding hydrogens is 257 g/mol. The van der Waals surface area contributed by atoms with Crippen LogP contribution in [0.3, 0.4) is 0 Å². The minimum Gasteiger partial charge on any atom is -0.385 e. The summed E-state index contributed by atoms with van der Waals surface area (Å²) in [6, 6.07) is 6.14. The molecule has 4 heteroatoms. The minimum atomic E-state index is -0.820. The van der Waals surface area contributed by atoms with Crippen molar-refractivity contribution in [3.05, 3.63) is 33.8 Å². The van der Waals surface area contributed by atoms with Crippen LogP contribution in [-0.4, -0.2) is 17.2 Å². The van der Waals surface area contributed by atoms with Crippen LogP contribution in [0.5, 0.6) is 0 Å². The molecule has 17 heavy (non-hydrogen) atoms. The highest BCUT2D eigenvalue weighted by molar-refractivity contribution is 6.33. The molecule has 2 atom stereocenters. The second kappa shape index (κ2) is 4.13. The van der Waals surface area contributed by atoms with Crippen LogP contribution in [0.25, 0.3) is 0 Å². The zero-order valence-electron chi connectivity index (χ0n) is 9.42. The lowest BCUT2D eigenvalue weighted by Crippen LogP contribution is -2.46. The first-order chi connectivity index (χ1) is 8.07. The quantitative estimate of drug-likeness (QED) is 0.823. The van der Waals surface area contributed by atoms with Crippen molar-refractivity contribution in [3.63, 3.8) is 0 Å². The van der Waals surface area contributed by atoms with E-state index in [0.29, 0.717) is 22.1 Å². The average molecular weight is 272 g/mol. The first kappa shape index (κ1) is 11.8. The molecule has 0 saturated carbocycles. The van der Waals surface area contributed by atoms with Crippen molar-refractivity contribution < 1.29 is 5.11 Å². The maximum Gasteiger partial charge on any atom is 0.0941 e. The number of hydrogen-bond acceptors (Lipinski definition) is 2. The molecule has 0 radical (unpaired) electrons. The van der Waals surface area contributed by atoms with Gasteiger partial charge < -0.3 is 10.4 Å². The number of fused-ring (bicyclic) bond motifs is 2. The molecular formula is C13H15Cl2NO. The Bertz CT molecular complexity index is 437. The van der Waals surface area contributed by atoms with Crippen molar-refractivity contribution in [3.8, 4) is 0 Å². The van der Waals surface area contributed by atoms with E-state index in [0.717, 1.165) is 31.2 Å². The van der Waals surface area contributed by atoms with Crippen LogP contribution in [0.1, 0.15) is 31.2 Å². The molecule has 2 heterocycles. The molecule has 92 valence electrons. The van der Waals surface area contributed by atoms with Gasteiger partial charge in [0.1, 0.15) is 0 Å². The van der Waals surface area contributed by atoms with Gasteiger partial charge in [-0.1, -0.05) is 23.2 Å². The lowest BCUT2D eigenvalue weighted by atomic mass is 9.81. The first-order valence-electron chi connectivity index (χ1n) is 6.01. The Morgan fingerprint density at radius 2 is 1.82 bits per heavy atom. The highest BCUT2D eigenvalue weighted by Crippen LogP contribution is 2.43. The van der Waals surface area contributed by atoms with Crippen molar-refractivity contribution >= 4 is 23.2 Å². The number of rotatable bonds is 1. The van der Waals surface area contributed by atoms with Crippen LogP contribution in [0.15, 0.2) is 18.2 Å². The Morgan fingerprint density at radius 3 is 2.47 bits per heavy atom. The molecule has 2 saturated heterocycles. The van der Waals surface area contributed by atoms with Crippen molar-refractivity contribution in [2.75, 3.05) is 0 Å². The standard InChI is InChI=1S/C13H15Cl2NO/c14-8-1-4-12(15)11(5-8)13(17)6-9-2-3-10(7-13)16-9/h1,4-5,9-10,16-17H,2-3,6-7H2. The van der Waals surface area contributed by atoms with E-state index in [1.54, 1.807) is 18.2 Å². The SMILES string of the molecule is OC1(c2cc(Cl)ccc2Cl)CC2CCC(C1)N2. The topological polar surface area (TPSA) is 32.3 Å². The summed E-state index contributed by atoms with van der Waals surface area (Å²) < 4.78 is 0. The fourth-order valence-corrected chi connectivity index (χ4v) is 3.66. The molecule has 2 fully saturated rings. The van der Waals surface area contributed by atoms with Crippen LogP contribution >= 0.6 is 23.2 Å². The Kier molecular flexibility index (Phi) is 2.86. The molecule has 0 aliphatic carbocycles. The van der Waals surface area contributed by atoms with Crippen LogP contribution in [0.2, 0.25) is 10.0 Å². The third kappa shape index (κ3) is 2.08. The zero-order valence-corrected chi connectivity index (χ0v) is 10.9. The predicted molar refractivity (Wildman–Crippen MR) is 69.5 cm³/mol. The molecule has 2 unspecified atom stereocenters. The van der Waals surface area contributed by atoms with Gasteiger partial charge in [0.2, 0.25) is 0 Å². The highest BCUT2D eigenvalue weighted by Gasteiger charge is 2.44. The number of benzene rings is 1. The smallest absolute Gasteiger partial charge is 0.0941 e. The average Bonchev–Trinajstić information content (AvgIpc) is 2.62. The number of nitrogens with one attached hydrogen (secondary N) is 1. The van der Waals surface area contributed by atoms with E-state index >= 15 is 0 Å². The summed E-state index contributed by atoms with van der Waals surface area (Å²) in [6.07, 6.45) is 3.74. The number of hydrogen-bond donors (Lipinski definition) is 2. The summed E-state index contributed by atoms with van der Waals surface area (Å²) in [5.74, 6) is 0. The normalized spacial score (nSPS) is 36.2. The molecule has 2 nitrogen and oxygen atoms in total. The maximum atomic E-state index is 10.8. The lowest BCUT2D eigenvalue weighted by Gasteiger charge is -2.38. The molecule has 2 aliphatic heterocycles. The second-order valence-electron chi connectivity index (χ2n) is 5.20. The van der Waals surface area contributed by atoms with Crippen LogP contribution < -0.4 is 5.32 Å². The molecule has 1 aromatic rings. The third-order valence-corrected chi connectivity index (χ3v) is 4.50. The summed E-state index contributed by atoms with van der Waals surface area (Å²) >= 11 is 12.2. The predicted octanol–water partition coefficient (Wildman–Crippen LogP) is 3.10. The van der Waals surface area contributed by atoms with Gasteiger partial charge in [-0.3, -0.25) is 0 Å². The fourth-order valence-electron chi connectivity index (χ4n) is 3.20. The Morgan fingerprint density at radius 1 is 1.18 bits per heavy atom. The molecule has 0 aromatic heterocycles. The van der Waals surface area contributed by atoms with E-state index in [4.69, 9.17) is 23.2 Å². The molecule has 1 aromatic carbocycles. The van der Waals surface area contributed by atoms with E-state index in [2.05, 4.69) is 5.32 Å². The molecule has 3 rings (SSSR count). The maximum absolute atomic E-state index is 10.8. The molecule has 2 N–H and O–H groups in total. The van der Waals surface area contributed by atoms with Crippen molar-refractivity contribution in [2.45, 2.75) is 43.4 Å². The van der Waals surface area contributed by atoms with Gasteiger partial charge in [-0.15, -0.1) is 0 Å². The van der Waals surface area contributed by atoms with Crippen molar-refractivity contribution in [1.82, 2.24) is 5.32 Å². The van der Waals surface area contributed by atoms with Gasteiger partial charge in [0.05, 0.1) is 5.60 Å².